The maximum Gasteiger partial charge on any atom is 0.159 e. The molecule has 2 heterocycles. The summed E-state index contributed by atoms with van der Waals surface area (Å²) in [5, 5.41) is 2.10. The maximum atomic E-state index is 11.6. The van der Waals surface area contributed by atoms with Crippen LogP contribution in [0.3, 0.4) is 0 Å². The van der Waals surface area contributed by atoms with E-state index in [1.54, 1.807) is 49.5 Å². The molecule has 24 heavy (non-hydrogen) atoms. The summed E-state index contributed by atoms with van der Waals surface area (Å²) in [6.45, 7) is 5.79. The van der Waals surface area contributed by atoms with Gasteiger partial charge in [0.25, 0.3) is 0 Å². The third-order valence-electron chi connectivity index (χ3n) is 3.98. The quantitative estimate of drug-likeness (QED) is 0.372. The van der Waals surface area contributed by atoms with Crippen LogP contribution in [0.2, 0.25) is 0 Å². The van der Waals surface area contributed by atoms with Crippen molar-refractivity contribution in [2.75, 3.05) is 7.11 Å². The molecule has 124 valence electrons. The van der Waals surface area contributed by atoms with Crippen LogP contribution in [0.25, 0.3) is 10.2 Å². The number of nitrogens with zero attached hydrogens (tertiary/aromatic N) is 2. The topological polar surface area (TPSA) is 52.1 Å². The highest BCUT2D eigenvalue weighted by atomic mass is 32.2. The molecule has 0 atom stereocenters. The van der Waals surface area contributed by atoms with Crippen molar-refractivity contribution in [3.63, 3.8) is 0 Å². The fourth-order valence-electron chi connectivity index (χ4n) is 2.52. The molecule has 0 saturated carbocycles. The lowest BCUT2D eigenvalue weighted by Crippen LogP contribution is -1.97. The third kappa shape index (κ3) is 3.16. The maximum absolute atomic E-state index is 11.6. The summed E-state index contributed by atoms with van der Waals surface area (Å²) in [4.78, 5) is 22.7. The van der Waals surface area contributed by atoms with Crippen molar-refractivity contribution in [3.05, 3.63) is 46.1 Å². The van der Waals surface area contributed by atoms with Gasteiger partial charge in [-0.2, -0.15) is 0 Å². The third-order valence-corrected chi connectivity index (χ3v) is 6.14. The number of aromatic nitrogens is 2. The van der Waals surface area contributed by atoms with Crippen LogP contribution in [-0.4, -0.2) is 22.9 Å². The van der Waals surface area contributed by atoms with Crippen molar-refractivity contribution in [1.82, 2.24) is 9.97 Å². The predicted molar refractivity (Wildman–Crippen MR) is 99.4 cm³/mol. The van der Waals surface area contributed by atoms with E-state index in [9.17, 15) is 4.79 Å². The van der Waals surface area contributed by atoms with Crippen molar-refractivity contribution < 1.29 is 9.53 Å². The molecule has 0 radical (unpaired) electrons. The van der Waals surface area contributed by atoms with Gasteiger partial charge < -0.3 is 4.74 Å². The second-order valence-corrected chi connectivity index (χ2v) is 7.68. The minimum Gasteiger partial charge on any atom is -0.496 e. The number of ketones is 1. The lowest BCUT2D eigenvalue weighted by atomic mass is 10.1. The van der Waals surface area contributed by atoms with Gasteiger partial charge in [-0.3, -0.25) is 4.79 Å². The van der Waals surface area contributed by atoms with E-state index < -0.39 is 0 Å². The van der Waals surface area contributed by atoms with Gasteiger partial charge in [0, 0.05) is 27.1 Å². The van der Waals surface area contributed by atoms with Gasteiger partial charge in [-0.1, -0.05) is 0 Å². The first-order valence-electron chi connectivity index (χ1n) is 7.52. The first kappa shape index (κ1) is 16.9. The summed E-state index contributed by atoms with van der Waals surface area (Å²) in [5.74, 6) is 1.53. The number of fused-ring (bicyclic) bond motifs is 1. The Morgan fingerprint density at radius 1 is 1.29 bits per heavy atom. The molecule has 3 rings (SSSR count). The molecule has 0 spiro atoms. The summed E-state index contributed by atoms with van der Waals surface area (Å²) in [5.41, 5.74) is 2.93. The Balaban J connectivity index is 1.94. The molecule has 0 amide bonds. The molecule has 0 unspecified atom stereocenters. The van der Waals surface area contributed by atoms with E-state index in [1.807, 2.05) is 12.1 Å². The number of rotatable bonds is 5. The van der Waals surface area contributed by atoms with E-state index in [2.05, 4.69) is 23.8 Å². The van der Waals surface area contributed by atoms with Gasteiger partial charge in [0.15, 0.2) is 5.78 Å². The highest BCUT2D eigenvalue weighted by Crippen LogP contribution is 2.36. The standard InChI is InChI=1S/C18H18N2O2S2/c1-10-12(3)24-18-16(10)17(19-9-20-18)23-8-14-7-13(11(2)21)5-6-15(14)22-4/h5-7,9H,8H2,1-4H3. The normalized spacial score (nSPS) is 11.0. The Morgan fingerprint density at radius 3 is 2.79 bits per heavy atom. The van der Waals surface area contributed by atoms with Crippen LogP contribution in [0, 0.1) is 13.8 Å². The Bertz CT molecular complexity index is 919. The number of ether oxygens (including phenoxy) is 1. The number of carbonyl (C=O) groups is 1. The van der Waals surface area contributed by atoms with Gasteiger partial charge in [-0.05, 0) is 44.5 Å². The van der Waals surface area contributed by atoms with Crippen LogP contribution in [-0.2, 0) is 5.75 Å². The molecule has 0 aliphatic carbocycles. The van der Waals surface area contributed by atoms with E-state index in [0.29, 0.717) is 11.3 Å². The number of hydrogen-bond acceptors (Lipinski definition) is 6. The molecule has 0 aliphatic heterocycles. The van der Waals surface area contributed by atoms with Crippen LogP contribution in [0.15, 0.2) is 29.6 Å². The van der Waals surface area contributed by atoms with Gasteiger partial charge in [0.05, 0.1) is 7.11 Å². The zero-order chi connectivity index (χ0) is 17.3. The van der Waals surface area contributed by atoms with E-state index in [-0.39, 0.29) is 5.78 Å². The van der Waals surface area contributed by atoms with Gasteiger partial charge in [-0.25, -0.2) is 9.97 Å². The summed E-state index contributed by atoms with van der Waals surface area (Å²) in [6, 6.07) is 5.55. The Kier molecular flexibility index (Phi) is 4.87. The van der Waals surface area contributed by atoms with Crippen molar-refractivity contribution in [2.24, 2.45) is 0 Å². The molecular formula is C18H18N2O2S2. The van der Waals surface area contributed by atoms with Crippen molar-refractivity contribution in [3.8, 4) is 5.75 Å². The van der Waals surface area contributed by atoms with E-state index >= 15 is 0 Å². The number of aryl methyl sites for hydroxylation is 2. The largest absolute Gasteiger partial charge is 0.496 e. The number of hydrogen-bond donors (Lipinski definition) is 0. The first-order chi connectivity index (χ1) is 11.5. The average molecular weight is 358 g/mol. The minimum atomic E-state index is 0.0534. The zero-order valence-corrected chi connectivity index (χ0v) is 15.7. The number of benzene rings is 1. The molecule has 3 aromatic rings. The fraction of sp³-hybridized carbons (Fsp3) is 0.278. The monoisotopic (exact) mass is 358 g/mol. The molecule has 0 saturated heterocycles. The lowest BCUT2D eigenvalue weighted by molar-refractivity contribution is 0.101. The molecular weight excluding hydrogens is 340 g/mol. The van der Waals surface area contributed by atoms with Gasteiger partial charge >= 0.3 is 0 Å². The molecule has 0 fully saturated rings. The van der Waals surface area contributed by atoms with Crippen molar-refractivity contribution in [2.45, 2.75) is 31.6 Å². The van der Waals surface area contributed by atoms with E-state index in [0.717, 1.165) is 26.6 Å². The smallest absolute Gasteiger partial charge is 0.159 e. The average Bonchev–Trinajstić information content (AvgIpc) is 2.87. The zero-order valence-electron chi connectivity index (χ0n) is 14.0. The molecule has 0 aliphatic rings. The first-order valence-corrected chi connectivity index (χ1v) is 9.32. The van der Waals surface area contributed by atoms with Gasteiger partial charge in [0.2, 0.25) is 0 Å². The second kappa shape index (κ2) is 6.91. The highest BCUT2D eigenvalue weighted by Gasteiger charge is 2.14. The molecule has 1 aromatic carbocycles. The van der Waals surface area contributed by atoms with Crippen LogP contribution < -0.4 is 4.74 Å². The molecule has 0 N–H and O–H groups in total. The minimum absolute atomic E-state index is 0.0534. The number of methoxy groups -OCH3 is 1. The molecule has 2 aromatic heterocycles. The Labute approximate surface area is 149 Å². The fourth-order valence-corrected chi connectivity index (χ4v) is 4.61. The predicted octanol–water partition coefficient (Wildman–Crippen LogP) is 4.81. The molecule has 0 bridgehead atoms. The van der Waals surface area contributed by atoms with Crippen molar-refractivity contribution >= 4 is 39.1 Å². The summed E-state index contributed by atoms with van der Waals surface area (Å²) in [6.07, 6.45) is 1.61. The summed E-state index contributed by atoms with van der Waals surface area (Å²) < 4.78 is 5.43. The van der Waals surface area contributed by atoms with Crippen LogP contribution >= 0.6 is 23.1 Å². The van der Waals surface area contributed by atoms with Crippen LogP contribution in [0.5, 0.6) is 5.75 Å². The summed E-state index contributed by atoms with van der Waals surface area (Å²) >= 11 is 3.34. The van der Waals surface area contributed by atoms with Crippen molar-refractivity contribution in [1.29, 1.82) is 0 Å². The number of thiophene rings is 1. The van der Waals surface area contributed by atoms with E-state index in [4.69, 9.17) is 4.74 Å². The molecule has 4 nitrogen and oxygen atoms in total. The van der Waals surface area contributed by atoms with Gasteiger partial charge in [-0.15, -0.1) is 23.1 Å². The highest BCUT2D eigenvalue weighted by molar-refractivity contribution is 7.98. The number of thioether (sulfide) groups is 1. The van der Waals surface area contributed by atoms with Crippen LogP contribution in [0.4, 0.5) is 0 Å². The number of carbonyl (C=O) groups excluding carboxylic acids is 1. The Morgan fingerprint density at radius 2 is 2.08 bits per heavy atom. The molecule has 6 heteroatoms. The SMILES string of the molecule is COc1ccc(C(C)=O)cc1CSc1ncnc2sc(C)c(C)c12. The second-order valence-electron chi connectivity index (χ2n) is 5.51. The summed E-state index contributed by atoms with van der Waals surface area (Å²) in [7, 11) is 1.65. The van der Waals surface area contributed by atoms with Gasteiger partial charge in [0.1, 0.15) is 21.9 Å². The lowest BCUT2D eigenvalue weighted by Gasteiger charge is -2.10. The van der Waals surface area contributed by atoms with E-state index in [1.165, 1.54) is 10.4 Å². The van der Waals surface area contributed by atoms with Crippen LogP contribution in [0.1, 0.15) is 33.3 Å². The Hall–Kier alpha value is -1.92. The number of Topliss-reactive ketones (excluding diaryl/α,β-unsaturated/α-hetero) is 1.